The third-order valence-electron chi connectivity index (χ3n) is 4.91. The van der Waals surface area contributed by atoms with E-state index >= 15 is 0 Å². The number of hydrogen-bond donors (Lipinski definition) is 2. The molecule has 6 nitrogen and oxygen atoms in total. The minimum atomic E-state index is -0.643. The second kappa shape index (κ2) is 9.39. The number of aryl methyl sites for hydroxylation is 2. The minimum Gasteiger partial charge on any atom is -0.354 e. The lowest BCUT2D eigenvalue weighted by molar-refractivity contribution is -0.122. The molecule has 0 aliphatic rings. The van der Waals surface area contributed by atoms with Gasteiger partial charge in [-0.1, -0.05) is 48.9 Å². The van der Waals surface area contributed by atoms with Crippen molar-refractivity contribution in [1.82, 2.24) is 20.4 Å². The van der Waals surface area contributed by atoms with E-state index in [9.17, 15) is 9.59 Å². The zero-order chi connectivity index (χ0) is 21.7. The van der Waals surface area contributed by atoms with E-state index in [0.717, 1.165) is 28.8 Å². The molecule has 30 heavy (non-hydrogen) atoms. The van der Waals surface area contributed by atoms with Crippen molar-refractivity contribution < 1.29 is 9.59 Å². The van der Waals surface area contributed by atoms with Crippen LogP contribution in [0.4, 0.5) is 0 Å². The highest BCUT2D eigenvalue weighted by Gasteiger charge is 2.23. The number of aromatic nitrogens is 2. The maximum Gasteiger partial charge on any atom is 0.255 e. The fraction of sp³-hybridized carbons (Fsp3) is 0.292. The number of carbonyl (C=O) groups excluding carboxylic acids is 2. The van der Waals surface area contributed by atoms with E-state index in [2.05, 4.69) is 16.7 Å². The Morgan fingerprint density at radius 3 is 2.50 bits per heavy atom. The van der Waals surface area contributed by atoms with Crippen LogP contribution in [0.25, 0.3) is 16.9 Å². The molecule has 1 aromatic heterocycles. The highest BCUT2D eigenvalue weighted by atomic mass is 16.2. The van der Waals surface area contributed by atoms with Gasteiger partial charge < -0.3 is 10.6 Å². The number of rotatable bonds is 7. The maximum absolute atomic E-state index is 13.1. The number of hydrogen-bond acceptors (Lipinski definition) is 3. The zero-order valence-electron chi connectivity index (χ0n) is 17.9. The quantitative estimate of drug-likeness (QED) is 0.629. The van der Waals surface area contributed by atoms with E-state index in [1.165, 1.54) is 0 Å². The van der Waals surface area contributed by atoms with Crippen molar-refractivity contribution in [3.8, 4) is 16.9 Å². The van der Waals surface area contributed by atoms with Gasteiger partial charge in [0.25, 0.3) is 5.91 Å². The first kappa shape index (κ1) is 21.3. The zero-order valence-corrected chi connectivity index (χ0v) is 17.9. The Morgan fingerprint density at radius 2 is 1.83 bits per heavy atom. The molecule has 0 radical (unpaired) electrons. The van der Waals surface area contributed by atoms with Crippen LogP contribution in [0.5, 0.6) is 0 Å². The van der Waals surface area contributed by atoms with Gasteiger partial charge in [0.1, 0.15) is 11.7 Å². The van der Waals surface area contributed by atoms with E-state index in [1.807, 2.05) is 63.2 Å². The SMILES string of the molecule is CCCNC(=O)[C@@H](C)NC(=O)c1cn(-c2ccccc2)nc1-c1ccc(C)cc1C. The Morgan fingerprint density at radius 1 is 1.10 bits per heavy atom. The molecule has 0 spiro atoms. The third-order valence-corrected chi connectivity index (χ3v) is 4.91. The van der Waals surface area contributed by atoms with E-state index < -0.39 is 6.04 Å². The van der Waals surface area contributed by atoms with Gasteiger partial charge in [-0.15, -0.1) is 0 Å². The topological polar surface area (TPSA) is 76.0 Å². The van der Waals surface area contributed by atoms with E-state index in [1.54, 1.807) is 17.8 Å². The number of nitrogens with zero attached hydrogens (tertiary/aromatic N) is 2. The van der Waals surface area contributed by atoms with Gasteiger partial charge in [0.2, 0.25) is 5.91 Å². The van der Waals surface area contributed by atoms with Crippen LogP contribution in [0.15, 0.2) is 54.7 Å². The number of benzene rings is 2. The maximum atomic E-state index is 13.1. The largest absolute Gasteiger partial charge is 0.354 e. The molecule has 3 rings (SSSR count). The van der Waals surface area contributed by atoms with Crippen LogP contribution in [-0.4, -0.2) is 34.2 Å². The fourth-order valence-electron chi connectivity index (χ4n) is 3.27. The van der Waals surface area contributed by atoms with E-state index in [-0.39, 0.29) is 11.8 Å². The van der Waals surface area contributed by atoms with Gasteiger partial charge in [-0.2, -0.15) is 5.10 Å². The molecule has 156 valence electrons. The lowest BCUT2D eigenvalue weighted by Crippen LogP contribution is -2.45. The third kappa shape index (κ3) is 4.76. The van der Waals surface area contributed by atoms with Crippen LogP contribution in [0.1, 0.15) is 41.8 Å². The normalized spacial score (nSPS) is 11.7. The van der Waals surface area contributed by atoms with Crippen LogP contribution in [0.3, 0.4) is 0 Å². The highest BCUT2D eigenvalue weighted by molar-refractivity contribution is 6.02. The average Bonchev–Trinajstić information content (AvgIpc) is 3.18. The van der Waals surface area contributed by atoms with Gasteiger partial charge in [0.05, 0.1) is 11.3 Å². The summed E-state index contributed by atoms with van der Waals surface area (Å²) in [5.74, 6) is -0.528. The monoisotopic (exact) mass is 404 g/mol. The summed E-state index contributed by atoms with van der Waals surface area (Å²) in [7, 11) is 0. The number of amides is 2. The molecule has 1 atom stereocenters. The lowest BCUT2D eigenvalue weighted by atomic mass is 10.0. The minimum absolute atomic E-state index is 0.200. The molecule has 3 aromatic rings. The van der Waals surface area contributed by atoms with Gasteiger partial charge in [-0.25, -0.2) is 4.68 Å². The highest BCUT2D eigenvalue weighted by Crippen LogP contribution is 2.27. The molecular formula is C24H28N4O2. The summed E-state index contributed by atoms with van der Waals surface area (Å²) in [6.07, 6.45) is 2.56. The van der Waals surface area contributed by atoms with Crippen LogP contribution >= 0.6 is 0 Å². The number of nitrogens with one attached hydrogen (secondary N) is 2. The van der Waals surface area contributed by atoms with Crippen LogP contribution < -0.4 is 10.6 Å². The second-order valence-electron chi connectivity index (χ2n) is 7.48. The van der Waals surface area contributed by atoms with Crippen molar-refractivity contribution in [3.63, 3.8) is 0 Å². The van der Waals surface area contributed by atoms with Crippen molar-refractivity contribution in [1.29, 1.82) is 0 Å². The Hall–Kier alpha value is -3.41. The van der Waals surface area contributed by atoms with Gasteiger partial charge >= 0.3 is 0 Å². The predicted molar refractivity (Wildman–Crippen MR) is 119 cm³/mol. The number of carbonyl (C=O) groups is 2. The molecule has 0 unspecified atom stereocenters. The summed E-state index contributed by atoms with van der Waals surface area (Å²) in [6, 6.07) is 15.1. The molecule has 0 aliphatic carbocycles. The van der Waals surface area contributed by atoms with Gasteiger partial charge in [-0.05, 0) is 44.9 Å². The first-order valence-corrected chi connectivity index (χ1v) is 10.2. The molecule has 1 heterocycles. The molecule has 0 saturated carbocycles. The summed E-state index contributed by atoms with van der Waals surface area (Å²) < 4.78 is 1.70. The molecule has 2 N–H and O–H groups in total. The van der Waals surface area contributed by atoms with Crippen LogP contribution in [-0.2, 0) is 4.79 Å². The second-order valence-corrected chi connectivity index (χ2v) is 7.48. The summed E-state index contributed by atoms with van der Waals surface area (Å²) >= 11 is 0. The molecule has 2 amide bonds. The van der Waals surface area contributed by atoms with E-state index in [0.29, 0.717) is 17.8 Å². The van der Waals surface area contributed by atoms with Gasteiger partial charge in [0, 0.05) is 18.3 Å². The Balaban J connectivity index is 1.98. The van der Waals surface area contributed by atoms with Crippen molar-refractivity contribution in [3.05, 3.63) is 71.4 Å². The Labute approximate surface area is 177 Å². The average molecular weight is 405 g/mol. The summed E-state index contributed by atoms with van der Waals surface area (Å²) in [5, 5.41) is 10.3. The van der Waals surface area contributed by atoms with Crippen molar-refractivity contribution in [2.24, 2.45) is 0 Å². The predicted octanol–water partition coefficient (Wildman–Crippen LogP) is 3.80. The molecule has 0 bridgehead atoms. The van der Waals surface area contributed by atoms with Crippen molar-refractivity contribution in [2.75, 3.05) is 6.54 Å². The Kier molecular flexibility index (Phi) is 6.67. The molecule has 6 heteroatoms. The van der Waals surface area contributed by atoms with E-state index in [4.69, 9.17) is 5.10 Å². The summed E-state index contributed by atoms with van der Waals surface area (Å²) in [6.45, 7) is 8.29. The van der Waals surface area contributed by atoms with Gasteiger partial charge in [-0.3, -0.25) is 9.59 Å². The first-order valence-electron chi connectivity index (χ1n) is 10.2. The molecule has 0 saturated heterocycles. The lowest BCUT2D eigenvalue weighted by Gasteiger charge is -2.14. The smallest absolute Gasteiger partial charge is 0.255 e. The summed E-state index contributed by atoms with van der Waals surface area (Å²) in [5.41, 5.74) is 4.96. The van der Waals surface area contributed by atoms with Crippen molar-refractivity contribution >= 4 is 11.8 Å². The van der Waals surface area contributed by atoms with Gasteiger partial charge in [0.15, 0.2) is 0 Å². The fourth-order valence-corrected chi connectivity index (χ4v) is 3.27. The molecule has 2 aromatic carbocycles. The summed E-state index contributed by atoms with van der Waals surface area (Å²) in [4.78, 5) is 25.3. The van der Waals surface area contributed by atoms with Crippen LogP contribution in [0.2, 0.25) is 0 Å². The number of para-hydroxylation sites is 1. The van der Waals surface area contributed by atoms with Crippen LogP contribution in [0, 0.1) is 13.8 Å². The molecule has 0 aliphatic heterocycles. The molecule has 0 fully saturated rings. The molecular weight excluding hydrogens is 376 g/mol. The van der Waals surface area contributed by atoms with Crippen molar-refractivity contribution in [2.45, 2.75) is 40.2 Å². The standard InChI is InChI=1S/C24H28N4O2/c1-5-13-25-23(29)18(4)26-24(30)21-15-28(19-9-7-6-8-10-19)27-22(21)20-12-11-16(2)14-17(20)3/h6-12,14-15,18H,5,13H2,1-4H3,(H,25,29)(H,26,30)/t18-/m1/s1. The first-order chi connectivity index (χ1) is 14.4. The Bertz CT molecular complexity index is 1040.